The second-order valence-electron chi connectivity index (χ2n) is 5.14. The monoisotopic (exact) mass is 308 g/mol. The molecule has 0 fully saturated rings. The Hall–Kier alpha value is -2.06. The summed E-state index contributed by atoms with van der Waals surface area (Å²) >= 11 is 1.86. The lowest BCUT2D eigenvalue weighted by Gasteiger charge is -2.18. The van der Waals surface area contributed by atoms with Gasteiger partial charge < -0.3 is 0 Å². The quantitative estimate of drug-likeness (QED) is 0.570. The van der Waals surface area contributed by atoms with Crippen molar-refractivity contribution in [2.24, 2.45) is 0 Å². The molecule has 0 spiro atoms. The molecular weight excluding hydrogens is 291 g/mol. The summed E-state index contributed by atoms with van der Waals surface area (Å²) in [4.78, 5) is 0. The second-order valence-corrected chi connectivity index (χ2v) is 6.23. The zero-order valence-corrected chi connectivity index (χ0v) is 13.0. The number of rotatable bonds is 5. The van der Waals surface area contributed by atoms with E-state index in [1.54, 1.807) is 0 Å². The van der Waals surface area contributed by atoms with Crippen LogP contribution in [0, 0.1) is 5.82 Å². The number of thioether (sulfide) groups is 1. The standard InChI is InChI=1S/C20H17FS/c21-19-13-11-18(12-14-19)20(17-9-5-2-6-10-17)22-15-16-7-3-1-4-8-16/h1-14,20H,15H2/t20-/m1/s1. The van der Waals surface area contributed by atoms with E-state index in [0.717, 1.165) is 11.3 Å². The average Bonchev–Trinajstić information content (AvgIpc) is 2.58. The molecule has 0 aliphatic carbocycles. The molecule has 3 aromatic carbocycles. The van der Waals surface area contributed by atoms with Gasteiger partial charge in [-0.1, -0.05) is 72.8 Å². The third-order valence-electron chi connectivity index (χ3n) is 3.53. The van der Waals surface area contributed by atoms with Gasteiger partial charge in [0, 0.05) is 5.75 Å². The molecule has 0 unspecified atom stereocenters. The molecule has 0 aliphatic heterocycles. The van der Waals surface area contributed by atoms with E-state index >= 15 is 0 Å². The maximum Gasteiger partial charge on any atom is 0.123 e. The van der Waals surface area contributed by atoms with Crippen molar-refractivity contribution in [3.63, 3.8) is 0 Å². The smallest absolute Gasteiger partial charge is 0.123 e. The molecular formula is C20H17FS. The molecule has 0 aromatic heterocycles. The third kappa shape index (κ3) is 3.77. The van der Waals surface area contributed by atoms with E-state index in [0.29, 0.717) is 0 Å². The van der Waals surface area contributed by atoms with Gasteiger partial charge in [0.25, 0.3) is 0 Å². The summed E-state index contributed by atoms with van der Waals surface area (Å²) < 4.78 is 13.2. The molecule has 0 heterocycles. The van der Waals surface area contributed by atoms with Crippen LogP contribution in [-0.2, 0) is 5.75 Å². The Balaban J connectivity index is 1.85. The van der Waals surface area contributed by atoms with E-state index in [4.69, 9.17) is 0 Å². The first kappa shape index (κ1) is 14.9. The summed E-state index contributed by atoms with van der Waals surface area (Å²) in [6.07, 6.45) is 0. The lowest BCUT2D eigenvalue weighted by Crippen LogP contribution is -1.98. The Kier molecular flexibility index (Phi) is 4.92. The zero-order chi connectivity index (χ0) is 15.2. The molecule has 3 rings (SSSR count). The molecule has 0 saturated heterocycles. The topological polar surface area (TPSA) is 0 Å². The van der Waals surface area contributed by atoms with Crippen molar-refractivity contribution in [3.05, 3.63) is 107 Å². The van der Waals surface area contributed by atoms with E-state index in [1.807, 2.05) is 36.0 Å². The van der Waals surface area contributed by atoms with Crippen LogP contribution in [0.15, 0.2) is 84.9 Å². The van der Waals surface area contributed by atoms with E-state index in [1.165, 1.54) is 23.3 Å². The first-order valence-corrected chi connectivity index (χ1v) is 8.34. The van der Waals surface area contributed by atoms with Gasteiger partial charge in [-0.2, -0.15) is 0 Å². The SMILES string of the molecule is Fc1ccc([C@H](SCc2ccccc2)c2ccccc2)cc1. The van der Waals surface area contributed by atoms with Crippen LogP contribution in [0.1, 0.15) is 21.9 Å². The summed E-state index contributed by atoms with van der Waals surface area (Å²) in [7, 11) is 0. The third-order valence-corrected chi connectivity index (χ3v) is 4.91. The van der Waals surface area contributed by atoms with Crippen molar-refractivity contribution >= 4 is 11.8 Å². The summed E-state index contributed by atoms with van der Waals surface area (Å²) in [5, 5.41) is 0.210. The van der Waals surface area contributed by atoms with Crippen molar-refractivity contribution in [1.82, 2.24) is 0 Å². The van der Waals surface area contributed by atoms with Gasteiger partial charge in [0.05, 0.1) is 5.25 Å². The van der Waals surface area contributed by atoms with Crippen molar-refractivity contribution in [2.75, 3.05) is 0 Å². The van der Waals surface area contributed by atoms with Gasteiger partial charge in [0.1, 0.15) is 5.82 Å². The minimum absolute atomic E-state index is 0.191. The zero-order valence-electron chi connectivity index (χ0n) is 12.2. The Morgan fingerprint density at radius 1 is 0.682 bits per heavy atom. The predicted octanol–water partition coefficient (Wildman–Crippen LogP) is 5.85. The molecule has 22 heavy (non-hydrogen) atoms. The fraction of sp³-hybridized carbons (Fsp3) is 0.100. The average molecular weight is 308 g/mol. The second kappa shape index (κ2) is 7.28. The summed E-state index contributed by atoms with van der Waals surface area (Å²) in [5.74, 6) is 0.737. The van der Waals surface area contributed by atoms with E-state index < -0.39 is 0 Å². The summed E-state index contributed by atoms with van der Waals surface area (Å²) in [6, 6.07) is 27.6. The van der Waals surface area contributed by atoms with Gasteiger partial charge in [-0.25, -0.2) is 4.39 Å². The lowest BCUT2D eigenvalue weighted by atomic mass is 10.0. The fourth-order valence-corrected chi connectivity index (χ4v) is 3.65. The highest BCUT2D eigenvalue weighted by Gasteiger charge is 2.14. The van der Waals surface area contributed by atoms with Crippen molar-refractivity contribution in [1.29, 1.82) is 0 Å². The van der Waals surface area contributed by atoms with Gasteiger partial charge >= 0.3 is 0 Å². The number of halogens is 1. The molecule has 0 amide bonds. The Morgan fingerprint density at radius 2 is 1.23 bits per heavy atom. The van der Waals surface area contributed by atoms with Crippen LogP contribution in [0.2, 0.25) is 0 Å². The van der Waals surface area contributed by atoms with Gasteiger partial charge in [0.15, 0.2) is 0 Å². The molecule has 2 heteroatoms. The molecule has 0 saturated carbocycles. The first-order chi connectivity index (χ1) is 10.8. The maximum atomic E-state index is 13.2. The van der Waals surface area contributed by atoms with E-state index in [-0.39, 0.29) is 11.1 Å². The molecule has 110 valence electrons. The molecule has 0 nitrogen and oxygen atoms in total. The molecule has 1 atom stereocenters. The van der Waals surface area contributed by atoms with Crippen molar-refractivity contribution < 1.29 is 4.39 Å². The van der Waals surface area contributed by atoms with Crippen LogP contribution in [0.3, 0.4) is 0 Å². The lowest BCUT2D eigenvalue weighted by molar-refractivity contribution is 0.627. The Morgan fingerprint density at radius 3 is 1.86 bits per heavy atom. The maximum absolute atomic E-state index is 13.2. The van der Waals surface area contributed by atoms with Gasteiger partial charge in [-0.05, 0) is 28.8 Å². The molecule has 0 N–H and O–H groups in total. The van der Waals surface area contributed by atoms with Crippen molar-refractivity contribution in [3.8, 4) is 0 Å². The Bertz CT molecular complexity index is 693. The number of hydrogen-bond donors (Lipinski definition) is 0. The van der Waals surface area contributed by atoms with Gasteiger partial charge in [-0.3, -0.25) is 0 Å². The number of benzene rings is 3. The first-order valence-electron chi connectivity index (χ1n) is 7.29. The normalized spacial score (nSPS) is 12.0. The summed E-state index contributed by atoms with van der Waals surface area (Å²) in [6.45, 7) is 0. The van der Waals surface area contributed by atoms with Crippen LogP contribution in [0.25, 0.3) is 0 Å². The highest BCUT2D eigenvalue weighted by atomic mass is 32.2. The van der Waals surface area contributed by atoms with E-state index in [2.05, 4.69) is 48.5 Å². The largest absolute Gasteiger partial charge is 0.207 e. The highest BCUT2D eigenvalue weighted by Crippen LogP contribution is 2.37. The predicted molar refractivity (Wildman–Crippen MR) is 92.4 cm³/mol. The van der Waals surface area contributed by atoms with E-state index in [9.17, 15) is 4.39 Å². The van der Waals surface area contributed by atoms with Crippen LogP contribution < -0.4 is 0 Å². The Labute approximate surface area is 135 Å². The number of hydrogen-bond acceptors (Lipinski definition) is 1. The van der Waals surface area contributed by atoms with Gasteiger partial charge in [0.2, 0.25) is 0 Å². The molecule has 0 bridgehead atoms. The van der Waals surface area contributed by atoms with Crippen LogP contribution in [-0.4, -0.2) is 0 Å². The molecule has 0 radical (unpaired) electrons. The minimum atomic E-state index is -0.191. The van der Waals surface area contributed by atoms with Crippen LogP contribution >= 0.6 is 11.8 Å². The van der Waals surface area contributed by atoms with Gasteiger partial charge in [-0.15, -0.1) is 11.8 Å². The minimum Gasteiger partial charge on any atom is -0.207 e. The molecule has 0 aliphatic rings. The van der Waals surface area contributed by atoms with Crippen LogP contribution in [0.5, 0.6) is 0 Å². The summed E-state index contributed by atoms with van der Waals surface area (Å²) in [5.41, 5.74) is 3.68. The highest BCUT2D eigenvalue weighted by molar-refractivity contribution is 7.98. The van der Waals surface area contributed by atoms with Crippen molar-refractivity contribution in [2.45, 2.75) is 11.0 Å². The molecule has 3 aromatic rings. The fourth-order valence-electron chi connectivity index (χ4n) is 2.40. The van der Waals surface area contributed by atoms with Crippen LogP contribution in [0.4, 0.5) is 4.39 Å².